The first-order valence-electron chi connectivity index (χ1n) is 5.57. The molecular formula is C11H24N2. The van der Waals surface area contributed by atoms with Crippen molar-refractivity contribution in [2.75, 3.05) is 26.7 Å². The van der Waals surface area contributed by atoms with Gasteiger partial charge in [0.25, 0.3) is 0 Å². The lowest BCUT2D eigenvalue weighted by molar-refractivity contribution is 0.103. The van der Waals surface area contributed by atoms with E-state index in [2.05, 4.69) is 38.0 Å². The van der Waals surface area contributed by atoms with Crippen LogP contribution in [0.25, 0.3) is 0 Å². The summed E-state index contributed by atoms with van der Waals surface area (Å²) in [7, 11) is 2.27. The Kier molecular flexibility index (Phi) is 4.20. The molecule has 2 unspecified atom stereocenters. The fourth-order valence-corrected chi connectivity index (χ4v) is 2.71. The van der Waals surface area contributed by atoms with E-state index in [1.165, 1.54) is 26.1 Å². The van der Waals surface area contributed by atoms with Crippen LogP contribution in [-0.2, 0) is 0 Å². The summed E-state index contributed by atoms with van der Waals surface area (Å²) >= 11 is 0. The second-order valence-corrected chi connectivity index (χ2v) is 4.58. The van der Waals surface area contributed by atoms with E-state index in [-0.39, 0.29) is 0 Å². The van der Waals surface area contributed by atoms with Gasteiger partial charge in [0.2, 0.25) is 0 Å². The summed E-state index contributed by atoms with van der Waals surface area (Å²) in [5.74, 6) is 1.58. The SMILES string of the molecule is CCCN(C)C1C(C)CNCC1C. The van der Waals surface area contributed by atoms with E-state index in [0.29, 0.717) is 0 Å². The van der Waals surface area contributed by atoms with E-state index >= 15 is 0 Å². The molecule has 0 amide bonds. The smallest absolute Gasteiger partial charge is 0.0168 e. The molecule has 0 radical (unpaired) electrons. The molecule has 0 aromatic heterocycles. The second kappa shape index (κ2) is 4.97. The predicted molar refractivity (Wildman–Crippen MR) is 57.9 cm³/mol. The Morgan fingerprint density at radius 1 is 1.23 bits per heavy atom. The number of nitrogens with zero attached hydrogens (tertiary/aromatic N) is 1. The molecule has 0 spiro atoms. The molecule has 0 saturated carbocycles. The van der Waals surface area contributed by atoms with Crippen molar-refractivity contribution < 1.29 is 0 Å². The topological polar surface area (TPSA) is 15.3 Å². The molecule has 0 aliphatic carbocycles. The Morgan fingerprint density at radius 3 is 2.23 bits per heavy atom. The summed E-state index contributed by atoms with van der Waals surface area (Å²) < 4.78 is 0. The Morgan fingerprint density at radius 2 is 1.77 bits per heavy atom. The average molecular weight is 184 g/mol. The Balaban J connectivity index is 2.51. The third-order valence-electron chi connectivity index (χ3n) is 3.18. The highest BCUT2D eigenvalue weighted by molar-refractivity contribution is 4.86. The fraction of sp³-hybridized carbons (Fsp3) is 1.00. The standard InChI is InChI=1S/C11H24N2/c1-5-6-13(4)11-9(2)7-12-8-10(11)3/h9-12H,5-8H2,1-4H3. The van der Waals surface area contributed by atoms with Crippen molar-refractivity contribution >= 4 is 0 Å². The van der Waals surface area contributed by atoms with Gasteiger partial charge in [-0.15, -0.1) is 0 Å². The molecule has 1 fully saturated rings. The van der Waals surface area contributed by atoms with E-state index in [1.54, 1.807) is 0 Å². The molecular weight excluding hydrogens is 160 g/mol. The number of nitrogens with one attached hydrogen (secondary N) is 1. The van der Waals surface area contributed by atoms with Gasteiger partial charge in [-0.2, -0.15) is 0 Å². The first-order valence-corrected chi connectivity index (χ1v) is 5.57. The van der Waals surface area contributed by atoms with E-state index in [9.17, 15) is 0 Å². The lowest BCUT2D eigenvalue weighted by Crippen LogP contribution is -2.52. The zero-order valence-corrected chi connectivity index (χ0v) is 9.51. The largest absolute Gasteiger partial charge is 0.316 e. The van der Waals surface area contributed by atoms with Crippen LogP contribution >= 0.6 is 0 Å². The average Bonchev–Trinajstić information content (AvgIpc) is 2.04. The van der Waals surface area contributed by atoms with Crippen molar-refractivity contribution in [1.29, 1.82) is 0 Å². The van der Waals surface area contributed by atoms with Crippen molar-refractivity contribution in [3.8, 4) is 0 Å². The van der Waals surface area contributed by atoms with Crippen LogP contribution in [0.15, 0.2) is 0 Å². The minimum Gasteiger partial charge on any atom is -0.316 e. The zero-order chi connectivity index (χ0) is 9.84. The first-order chi connectivity index (χ1) is 6.16. The van der Waals surface area contributed by atoms with Gasteiger partial charge in [0.15, 0.2) is 0 Å². The van der Waals surface area contributed by atoms with Crippen LogP contribution < -0.4 is 5.32 Å². The summed E-state index contributed by atoms with van der Waals surface area (Å²) in [6.45, 7) is 10.6. The molecule has 0 aromatic rings. The van der Waals surface area contributed by atoms with Gasteiger partial charge in [-0.05, 0) is 44.9 Å². The first kappa shape index (κ1) is 11.0. The summed E-state index contributed by atoms with van der Waals surface area (Å²) in [5, 5.41) is 3.48. The Labute approximate surface area is 82.7 Å². The molecule has 0 aromatic carbocycles. The second-order valence-electron chi connectivity index (χ2n) is 4.58. The van der Waals surface area contributed by atoms with Gasteiger partial charge in [-0.3, -0.25) is 0 Å². The molecule has 1 rings (SSSR count). The van der Waals surface area contributed by atoms with E-state index < -0.39 is 0 Å². The van der Waals surface area contributed by atoms with E-state index in [0.717, 1.165) is 17.9 Å². The van der Waals surface area contributed by atoms with Crippen LogP contribution in [0.3, 0.4) is 0 Å². The highest BCUT2D eigenvalue weighted by Crippen LogP contribution is 2.21. The number of hydrogen-bond donors (Lipinski definition) is 1. The third kappa shape index (κ3) is 2.68. The van der Waals surface area contributed by atoms with Gasteiger partial charge >= 0.3 is 0 Å². The molecule has 1 heterocycles. The maximum absolute atomic E-state index is 3.48. The molecule has 0 bridgehead atoms. The fourth-order valence-electron chi connectivity index (χ4n) is 2.71. The highest BCUT2D eigenvalue weighted by Gasteiger charge is 2.29. The van der Waals surface area contributed by atoms with Crippen LogP contribution in [0.5, 0.6) is 0 Å². The minimum absolute atomic E-state index is 0.779. The summed E-state index contributed by atoms with van der Waals surface area (Å²) in [6, 6.07) is 0.779. The highest BCUT2D eigenvalue weighted by atomic mass is 15.1. The quantitative estimate of drug-likeness (QED) is 0.716. The van der Waals surface area contributed by atoms with Crippen LogP contribution in [0.2, 0.25) is 0 Å². The molecule has 2 heteroatoms. The van der Waals surface area contributed by atoms with Crippen LogP contribution in [0.1, 0.15) is 27.2 Å². The number of piperidine rings is 1. The van der Waals surface area contributed by atoms with Gasteiger partial charge in [0, 0.05) is 6.04 Å². The van der Waals surface area contributed by atoms with E-state index in [1.807, 2.05) is 0 Å². The van der Waals surface area contributed by atoms with Gasteiger partial charge in [-0.25, -0.2) is 0 Å². The molecule has 13 heavy (non-hydrogen) atoms. The van der Waals surface area contributed by atoms with Crippen molar-refractivity contribution in [3.63, 3.8) is 0 Å². The Hall–Kier alpha value is -0.0800. The van der Waals surface area contributed by atoms with Crippen molar-refractivity contribution in [2.45, 2.75) is 33.2 Å². The molecule has 1 aliphatic rings. The molecule has 78 valence electrons. The summed E-state index contributed by atoms with van der Waals surface area (Å²) in [4.78, 5) is 2.54. The van der Waals surface area contributed by atoms with Crippen molar-refractivity contribution in [2.24, 2.45) is 11.8 Å². The monoisotopic (exact) mass is 184 g/mol. The minimum atomic E-state index is 0.779. The number of rotatable bonds is 3. The molecule has 2 atom stereocenters. The van der Waals surface area contributed by atoms with Gasteiger partial charge < -0.3 is 10.2 Å². The van der Waals surface area contributed by atoms with Gasteiger partial charge in [0.1, 0.15) is 0 Å². The zero-order valence-electron chi connectivity index (χ0n) is 9.51. The van der Waals surface area contributed by atoms with Gasteiger partial charge in [0.05, 0.1) is 0 Å². The molecule has 2 nitrogen and oxygen atoms in total. The van der Waals surface area contributed by atoms with Crippen molar-refractivity contribution in [3.05, 3.63) is 0 Å². The summed E-state index contributed by atoms with van der Waals surface area (Å²) in [6.07, 6.45) is 1.26. The Bertz CT molecular complexity index is 137. The van der Waals surface area contributed by atoms with Crippen LogP contribution in [0.4, 0.5) is 0 Å². The van der Waals surface area contributed by atoms with E-state index in [4.69, 9.17) is 0 Å². The third-order valence-corrected chi connectivity index (χ3v) is 3.18. The van der Waals surface area contributed by atoms with Crippen molar-refractivity contribution in [1.82, 2.24) is 10.2 Å². The lowest BCUT2D eigenvalue weighted by atomic mass is 9.86. The van der Waals surface area contributed by atoms with Crippen LogP contribution in [0, 0.1) is 11.8 Å². The molecule has 1 aliphatic heterocycles. The molecule has 1 saturated heterocycles. The van der Waals surface area contributed by atoms with Crippen LogP contribution in [-0.4, -0.2) is 37.6 Å². The maximum atomic E-state index is 3.48. The number of hydrogen-bond acceptors (Lipinski definition) is 2. The van der Waals surface area contributed by atoms with Gasteiger partial charge in [-0.1, -0.05) is 20.8 Å². The summed E-state index contributed by atoms with van der Waals surface area (Å²) in [5.41, 5.74) is 0. The molecule has 1 N–H and O–H groups in total. The lowest BCUT2D eigenvalue weighted by Gasteiger charge is -2.41. The maximum Gasteiger partial charge on any atom is 0.0168 e. The predicted octanol–water partition coefficient (Wildman–Crippen LogP) is 1.57. The normalized spacial score (nSPS) is 35.3.